The molecule has 0 atom stereocenters. The number of unbranched alkanes of at least 4 members (excludes halogenated alkanes) is 1. The highest BCUT2D eigenvalue weighted by Gasteiger charge is 2.26. The van der Waals surface area contributed by atoms with Gasteiger partial charge < -0.3 is 26.4 Å². The van der Waals surface area contributed by atoms with E-state index in [0.717, 1.165) is 59.2 Å². The molecule has 1 aromatic heterocycles. The molecule has 3 nitrogen and oxygen atoms in total. The minimum atomic E-state index is -0.0162. The number of carbonyl (C=O) groups is 1. The summed E-state index contributed by atoms with van der Waals surface area (Å²) >= 11 is 14.5. The maximum Gasteiger partial charge on any atom is 0.265 e. The standard InChI is InChI=1S/C37H41Cl2N2OS.BrH/c1-5-41(6-2,25-29-20-26(3)19-27(4)21-29)18-10-9-17-40(24-28-13-14-30-11-7-8-12-31(30)22-28)37(42)36-35(39)33-16-15-32(38)23-34(33)43-36;/h7-8,11-16,19-23H,5-6,9-10,17-18,24-25H2,1-4H3;1H/q+1;/p-1. The maximum absolute atomic E-state index is 14.1. The highest BCUT2D eigenvalue weighted by molar-refractivity contribution is 7.21. The number of benzene rings is 4. The molecule has 5 aromatic rings. The fourth-order valence-corrected chi connectivity index (χ4v) is 8.03. The lowest BCUT2D eigenvalue weighted by Gasteiger charge is -2.37. The Kier molecular flexibility index (Phi) is 11.9. The molecule has 0 aliphatic rings. The lowest BCUT2D eigenvalue weighted by Crippen LogP contribution is -3.00. The van der Waals surface area contributed by atoms with E-state index in [4.69, 9.17) is 23.2 Å². The lowest BCUT2D eigenvalue weighted by molar-refractivity contribution is -0.938. The number of hydrogen-bond donors (Lipinski definition) is 0. The van der Waals surface area contributed by atoms with Gasteiger partial charge >= 0.3 is 0 Å². The minimum Gasteiger partial charge on any atom is -1.00 e. The molecule has 0 bridgehead atoms. The van der Waals surface area contributed by atoms with Crippen LogP contribution in [-0.4, -0.2) is 41.5 Å². The zero-order chi connectivity index (χ0) is 30.6. The van der Waals surface area contributed by atoms with E-state index in [0.29, 0.717) is 28.0 Å². The first-order chi connectivity index (χ1) is 20.7. The first-order valence-corrected chi connectivity index (χ1v) is 16.8. The number of hydrogen-bond acceptors (Lipinski definition) is 2. The van der Waals surface area contributed by atoms with Gasteiger partial charge in [0.1, 0.15) is 11.4 Å². The van der Waals surface area contributed by atoms with Crippen molar-refractivity contribution in [2.45, 2.75) is 53.6 Å². The van der Waals surface area contributed by atoms with Crippen molar-refractivity contribution in [3.05, 3.63) is 116 Å². The number of aryl methyl sites for hydroxylation is 2. The number of fused-ring (bicyclic) bond motifs is 2. The van der Waals surface area contributed by atoms with Gasteiger partial charge in [-0.1, -0.05) is 95.0 Å². The molecular formula is C37H41BrCl2N2OS. The SMILES string of the molecule is CC[N+](CC)(CCCCN(Cc1ccc2ccccc2c1)C(=O)c1sc2cc(Cl)ccc2c1Cl)Cc1cc(C)cc(C)c1.[Br-]. The number of rotatable bonds is 12. The molecule has 5 rings (SSSR count). The lowest BCUT2D eigenvalue weighted by atomic mass is 10.1. The van der Waals surface area contributed by atoms with E-state index in [-0.39, 0.29) is 22.9 Å². The third-order valence-electron chi connectivity index (χ3n) is 8.71. The van der Waals surface area contributed by atoms with Gasteiger partial charge in [0.05, 0.1) is 24.7 Å². The molecule has 0 aliphatic carbocycles. The van der Waals surface area contributed by atoms with E-state index in [2.05, 4.69) is 88.4 Å². The van der Waals surface area contributed by atoms with Crippen molar-refractivity contribution in [2.24, 2.45) is 0 Å². The number of halogens is 3. The third-order valence-corrected chi connectivity index (χ3v) is 10.6. The zero-order valence-electron chi connectivity index (χ0n) is 26.0. The molecule has 0 aliphatic heterocycles. The highest BCUT2D eigenvalue weighted by Crippen LogP contribution is 2.37. The summed E-state index contributed by atoms with van der Waals surface area (Å²) in [5.41, 5.74) is 5.18. The van der Waals surface area contributed by atoms with Crippen LogP contribution >= 0.6 is 34.5 Å². The Balaban J connectivity index is 0.00000442. The summed E-state index contributed by atoms with van der Waals surface area (Å²) in [5.74, 6) is -0.0162. The van der Waals surface area contributed by atoms with Crippen molar-refractivity contribution >= 4 is 61.3 Å². The van der Waals surface area contributed by atoms with Crippen LogP contribution in [-0.2, 0) is 13.1 Å². The van der Waals surface area contributed by atoms with Crippen LogP contribution in [0.2, 0.25) is 10.0 Å². The Morgan fingerprint density at radius 2 is 1.52 bits per heavy atom. The molecule has 1 amide bonds. The predicted octanol–water partition coefficient (Wildman–Crippen LogP) is 7.46. The summed E-state index contributed by atoms with van der Waals surface area (Å²) in [5, 5.41) is 4.43. The van der Waals surface area contributed by atoms with Gasteiger partial charge in [0, 0.05) is 33.8 Å². The van der Waals surface area contributed by atoms with Crippen molar-refractivity contribution in [1.29, 1.82) is 0 Å². The largest absolute Gasteiger partial charge is 1.00 e. The van der Waals surface area contributed by atoms with Gasteiger partial charge in [-0.3, -0.25) is 4.79 Å². The summed E-state index contributed by atoms with van der Waals surface area (Å²) < 4.78 is 1.98. The number of amides is 1. The molecule has 0 saturated carbocycles. The summed E-state index contributed by atoms with van der Waals surface area (Å²) in [6, 6.07) is 27.4. The van der Waals surface area contributed by atoms with Crippen LogP contribution in [0.3, 0.4) is 0 Å². The van der Waals surface area contributed by atoms with Crippen molar-refractivity contribution in [1.82, 2.24) is 4.90 Å². The van der Waals surface area contributed by atoms with E-state index in [1.54, 1.807) is 0 Å². The van der Waals surface area contributed by atoms with Crippen molar-refractivity contribution in [3.8, 4) is 0 Å². The van der Waals surface area contributed by atoms with Gasteiger partial charge in [-0.05, 0) is 75.1 Å². The van der Waals surface area contributed by atoms with Gasteiger partial charge in [-0.25, -0.2) is 0 Å². The molecule has 7 heteroatoms. The van der Waals surface area contributed by atoms with E-state index < -0.39 is 0 Å². The highest BCUT2D eigenvalue weighted by atomic mass is 79.9. The van der Waals surface area contributed by atoms with E-state index >= 15 is 0 Å². The minimum absolute atomic E-state index is 0. The number of quaternary nitrogens is 1. The summed E-state index contributed by atoms with van der Waals surface area (Å²) in [6.45, 7) is 14.5. The van der Waals surface area contributed by atoms with Gasteiger partial charge in [-0.2, -0.15) is 0 Å². The summed E-state index contributed by atoms with van der Waals surface area (Å²) in [4.78, 5) is 16.7. The smallest absolute Gasteiger partial charge is 0.265 e. The Morgan fingerprint density at radius 3 is 2.23 bits per heavy atom. The average molecular weight is 713 g/mol. The van der Waals surface area contributed by atoms with Crippen LogP contribution in [0.4, 0.5) is 0 Å². The van der Waals surface area contributed by atoms with Crippen LogP contribution in [0.25, 0.3) is 20.9 Å². The van der Waals surface area contributed by atoms with E-state index in [1.165, 1.54) is 38.8 Å². The van der Waals surface area contributed by atoms with Crippen LogP contribution < -0.4 is 17.0 Å². The fourth-order valence-electron chi connectivity index (χ4n) is 6.27. The van der Waals surface area contributed by atoms with Crippen molar-refractivity contribution in [2.75, 3.05) is 26.2 Å². The second-order valence-electron chi connectivity index (χ2n) is 11.9. The molecule has 0 radical (unpaired) electrons. The monoisotopic (exact) mass is 710 g/mol. The molecule has 0 spiro atoms. The van der Waals surface area contributed by atoms with Crippen LogP contribution in [0, 0.1) is 13.8 Å². The normalized spacial score (nSPS) is 11.6. The number of nitrogens with zero attached hydrogens (tertiary/aromatic N) is 2. The van der Waals surface area contributed by atoms with Gasteiger partial charge in [0.15, 0.2) is 0 Å². The first-order valence-electron chi connectivity index (χ1n) is 15.3. The fraction of sp³-hybridized carbons (Fsp3) is 0.324. The van der Waals surface area contributed by atoms with Crippen LogP contribution in [0.15, 0.2) is 78.9 Å². The molecule has 44 heavy (non-hydrogen) atoms. The molecule has 4 aromatic carbocycles. The Bertz CT molecular complexity index is 1730. The van der Waals surface area contributed by atoms with Gasteiger partial charge in [-0.15, -0.1) is 11.3 Å². The average Bonchev–Trinajstić information content (AvgIpc) is 3.32. The van der Waals surface area contributed by atoms with Crippen LogP contribution in [0.5, 0.6) is 0 Å². The molecule has 1 heterocycles. The molecule has 0 fully saturated rings. The molecule has 0 saturated heterocycles. The number of thiophene rings is 1. The zero-order valence-corrected chi connectivity index (χ0v) is 29.9. The predicted molar refractivity (Wildman–Crippen MR) is 186 cm³/mol. The summed E-state index contributed by atoms with van der Waals surface area (Å²) in [7, 11) is 0. The van der Waals surface area contributed by atoms with Crippen molar-refractivity contribution in [3.63, 3.8) is 0 Å². The molecule has 232 valence electrons. The topological polar surface area (TPSA) is 20.3 Å². The quantitative estimate of drug-likeness (QED) is 0.0973. The summed E-state index contributed by atoms with van der Waals surface area (Å²) in [6.07, 6.45) is 1.98. The van der Waals surface area contributed by atoms with E-state index in [9.17, 15) is 4.79 Å². The van der Waals surface area contributed by atoms with Gasteiger partial charge in [0.2, 0.25) is 0 Å². The van der Waals surface area contributed by atoms with Crippen molar-refractivity contribution < 1.29 is 26.3 Å². The Morgan fingerprint density at radius 1 is 0.818 bits per heavy atom. The second kappa shape index (κ2) is 15.2. The van der Waals surface area contributed by atoms with E-state index in [1.807, 2.05) is 23.1 Å². The Hall–Kier alpha value is -2.41. The number of carbonyl (C=O) groups excluding carboxylic acids is 1. The third kappa shape index (κ3) is 8.05. The molecular weight excluding hydrogens is 671 g/mol. The molecule has 0 unspecified atom stereocenters. The molecule has 0 N–H and O–H groups in total. The van der Waals surface area contributed by atoms with Crippen LogP contribution in [0.1, 0.15) is 58.6 Å². The second-order valence-corrected chi connectivity index (χ2v) is 13.7. The Labute approximate surface area is 286 Å². The van der Waals surface area contributed by atoms with Gasteiger partial charge in [0.25, 0.3) is 5.91 Å². The first kappa shape index (κ1) is 34.5. The maximum atomic E-state index is 14.1.